The van der Waals surface area contributed by atoms with E-state index in [4.69, 9.17) is 0 Å². The first-order valence-electron chi connectivity index (χ1n) is 8.41. The van der Waals surface area contributed by atoms with E-state index in [1.807, 2.05) is 35.2 Å². The molecule has 2 fully saturated rings. The first-order chi connectivity index (χ1) is 11.3. The zero-order valence-electron chi connectivity index (χ0n) is 14.1. The number of aromatic nitrogens is 1. The molecule has 1 N–H and O–H groups in total. The number of amides is 1. The average Bonchev–Trinajstić information content (AvgIpc) is 3.15. The van der Waals surface area contributed by atoms with Crippen LogP contribution in [0.1, 0.15) is 16.9 Å². The van der Waals surface area contributed by atoms with Gasteiger partial charge < -0.3 is 10.2 Å². The van der Waals surface area contributed by atoms with Gasteiger partial charge in [-0.1, -0.05) is 24.3 Å². The molecule has 4 rings (SSSR count). The Morgan fingerprint density at radius 2 is 1.84 bits per heavy atom. The number of piperazine rings is 1. The molecule has 0 aliphatic carbocycles. The second-order valence-electron chi connectivity index (χ2n) is 6.36. The predicted octanol–water partition coefficient (Wildman–Crippen LogP) is 2.20. The van der Waals surface area contributed by atoms with Crippen LogP contribution in [0.15, 0.2) is 36.5 Å². The highest BCUT2D eigenvalue weighted by atomic mass is 35.5. The van der Waals surface area contributed by atoms with Crippen LogP contribution in [0.4, 0.5) is 0 Å². The summed E-state index contributed by atoms with van der Waals surface area (Å²) in [6, 6.07) is 10.6. The van der Waals surface area contributed by atoms with E-state index < -0.39 is 0 Å². The van der Waals surface area contributed by atoms with Crippen LogP contribution in [0, 0.1) is 0 Å². The maximum absolute atomic E-state index is 12.9. The summed E-state index contributed by atoms with van der Waals surface area (Å²) < 4.78 is 0. The summed E-state index contributed by atoms with van der Waals surface area (Å²) in [5, 5.41) is 5.43. The Labute approximate surface area is 160 Å². The standard InChI is InChI=1S/C18H22N4O.2ClH/c23-18(17-16-4-2-1-3-14(16)5-8-20-17)22-11-9-21(10-12-22)15-6-7-19-13-15;;/h1-5,8,15,19H,6-7,9-13H2;2*1H. The van der Waals surface area contributed by atoms with Crippen molar-refractivity contribution in [1.82, 2.24) is 20.1 Å². The third-order valence-corrected chi connectivity index (χ3v) is 5.03. The first-order valence-corrected chi connectivity index (χ1v) is 8.41. The number of hydrogen-bond donors (Lipinski definition) is 1. The van der Waals surface area contributed by atoms with Crippen molar-refractivity contribution >= 4 is 41.5 Å². The molecule has 2 saturated heterocycles. The van der Waals surface area contributed by atoms with E-state index in [-0.39, 0.29) is 30.7 Å². The Kier molecular flexibility index (Phi) is 7.02. The number of halogens is 2. The molecule has 2 aliphatic heterocycles. The number of benzene rings is 1. The molecule has 2 aliphatic rings. The van der Waals surface area contributed by atoms with Crippen molar-refractivity contribution in [3.8, 4) is 0 Å². The third kappa shape index (κ3) is 4.06. The summed E-state index contributed by atoms with van der Waals surface area (Å²) in [6.45, 7) is 5.70. The van der Waals surface area contributed by atoms with Gasteiger partial charge in [0.25, 0.3) is 5.91 Å². The van der Waals surface area contributed by atoms with Gasteiger partial charge >= 0.3 is 0 Å². The molecule has 2 aromatic rings. The van der Waals surface area contributed by atoms with E-state index in [9.17, 15) is 4.79 Å². The fourth-order valence-corrected chi connectivity index (χ4v) is 3.68. The third-order valence-electron chi connectivity index (χ3n) is 5.03. The SMILES string of the molecule is Cl.Cl.O=C(c1nccc2ccccc12)N1CCN(C2CCNC2)CC1. The number of hydrogen-bond acceptors (Lipinski definition) is 4. The molecule has 25 heavy (non-hydrogen) atoms. The fraction of sp³-hybridized carbons (Fsp3) is 0.444. The largest absolute Gasteiger partial charge is 0.335 e. The number of pyridine rings is 1. The minimum atomic E-state index is 0. The molecule has 0 spiro atoms. The maximum Gasteiger partial charge on any atom is 0.273 e. The molecule has 5 nitrogen and oxygen atoms in total. The van der Waals surface area contributed by atoms with Crippen molar-refractivity contribution in [1.29, 1.82) is 0 Å². The van der Waals surface area contributed by atoms with Gasteiger partial charge in [-0.05, 0) is 24.4 Å². The van der Waals surface area contributed by atoms with Crippen molar-refractivity contribution in [2.75, 3.05) is 39.3 Å². The van der Waals surface area contributed by atoms with Gasteiger partial charge in [0.1, 0.15) is 5.69 Å². The second kappa shape index (κ2) is 8.81. The minimum Gasteiger partial charge on any atom is -0.335 e. The van der Waals surface area contributed by atoms with Crippen molar-refractivity contribution in [2.45, 2.75) is 12.5 Å². The van der Waals surface area contributed by atoms with Crippen LogP contribution in [0.3, 0.4) is 0 Å². The van der Waals surface area contributed by atoms with E-state index in [0.29, 0.717) is 11.7 Å². The molecule has 0 bridgehead atoms. The van der Waals surface area contributed by atoms with Crippen LogP contribution in [0.5, 0.6) is 0 Å². The number of carbonyl (C=O) groups excluding carboxylic acids is 1. The van der Waals surface area contributed by atoms with E-state index in [0.717, 1.165) is 50.0 Å². The van der Waals surface area contributed by atoms with E-state index >= 15 is 0 Å². The zero-order chi connectivity index (χ0) is 15.6. The lowest BCUT2D eigenvalue weighted by Crippen LogP contribution is -2.52. The monoisotopic (exact) mass is 382 g/mol. The van der Waals surface area contributed by atoms with Gasteiger partial charge in [0.05, 0.1) is 0 Å². The van der Waals surface area contributed by atoms with Gasteiger partial charge in [0.15, 0.2) is 0 Å². The summed E-state index contributed by atoms with van der Waals surface area (Å²) in [5.41, 5.74) is 0.582. The number of nitrogens with zero attached hydrogens (tertiary/aromatic N) is 3. The highest BCUT2D eigenvalue weighted by Crippen LogP contribution is 2.19. The van der Waals surface area contributed by atoms with Crippen molar-refractivity contribution in [3.05, 3.63) is 42.2 Å². The van der Waals surface area contributed by atoms with E-state index in [1.165, 1.54) is 6.42 Å². The smallest absolute Gasteiger partial charge is 0.273 e. The summed E-state index contributed by atoms with van der Waals surface area (Å²) in [6.07, 6.45) is 2.95. The normalized spacial score (nSPS) is 20.8. The Morgan fingerprint density at radius 1 is 1.08 bits per heavy atom. The van der Waals surface area contributed by atoms with Crippen molar-refractivity contribution in [2.24, 2.45) is 0 Å². The Morgan fingerprint density at radius 3 is 2.56 bits per heavy atom. The lowest BCUT2D eigenvalue weighted by molar-refractivity contribution is 0.0580. The molecule has 3 heterocycles. The lowest BCUT2D eigenvalue weighted by atomic mass is 10.1. The highest BCUT2D eigenvalue weighted by Gasteiger charge is 2.28. The van der Waals surface area contributed by atoms with Crippen LogP contribution < -0.4 is 5.32 Å². The van der Waals surface area contributed by atoms with E-state index in [2.05, 4.69) is 15.2 Å². The van der Waals surface area contributed by atoms with Crippen LogP contribution >= 0.6 is 24.8 Å². The minimum absolute atomic E-state index is 0. The van der Waals surface area contributed by atoms with Gasteiger partial charge in [0, 0.05) is 50.3 Å². The average molecular weight is 383 g/mol. The quantitative estimate of drug-likeness (QED) is 0.864. The van der Waals surface area contributed by atoms with Crippen LogP contribution in [-0.2, 0) is 0 Å². The molecule has 0 radical (unpaired) electrons. The molecule has 1 atom stereocenters. The van der Waals surface area contributed by atoms with Gasteiger partial charge in [-0.3, -0.25) is 14.7 Å². The highest BCUT2D eigenvalue weighted by molar-refractivity contribution is 6.05. The predicted molar refractivity (Wildman–Crippen MR) is 105 cm³/mol. The van der Waals surface area contributed by atoms with Gasteiger partial charge in [-0.2, -0.15) is 0 Å². The molecule has 136 valence electrons. The molecular formula is C18H24Cl2N4O. The van der Waals surface area contributed by atoms with Gasteiger partial charge in [-0.15, -0.1) is 24.8 Å². The number of carbonyl (C=O) groups is 1. The Balaban J connectivity index is 0.00000113. The molecule has 1 aromatic heterocycles. The molecule has 1 amide bonds. The van der Waals surface area contributed by atoms with Crippen molar-refractivity contribution in [3.63, 3.8) is 0 Å². The van der Waals surface area contributed by atoms with Gasteiger partial charge in [0.2, 0.25) is 0 Å². The molecule has 7 heteroatoms. The summed E-state index contributed by atoms with van der Waals surface area (Å²) in [7, 11) is 0. The first kappa shape index (κ1) is 19.9. The second-order valence-corrected chi connectivity index (χ2v) is 6.36. The molecular weight excluding hydrogens is 359 g/mol. The fourth-order valence-electron chi connectivity index (χ4n) is 3.68. The summed E-state index contributed by atoms with van der Waals surface area (Å²) in [4.78, 5) is 21.7. The maximum atomic E-state index is 12.9. The summed E-state index contributed by atoms with van der Waals surface area (Å²) >= 11 is 0. The molecule has 0 saturated carbocycles. The van der Waals surface area contributed by atoms with Crippen molar-refractivity contribution < 1.29 is 4.79 Å². The van der Waals surface area contributed by atoms with E-state index in [1.54, 1.807) is 6.20 Å². The Hall–Kier alpha value is -1.40. The Bertz CT molecular complexity index is 708. The zero-order valence-corrected chi connectivity index (χ0v) is 15.7. The lowest BCUT2D eigenvalue weighted by Gasteiger charge is -2.37. The van der Waals surface area contributed by atoms with Crippen LogP contribution in [0.25, 0.3) is 10.8 Å². The number of fused-ring (bicyclic) bond motifs is 1. The summed E-state index contributed by atoms with van der Waals surface area (Å²) in [5.74, 6) is 0.0611. The topological polar surface area (TPSA) is 48.5 Å². The molecule has 1 unspecified atom stereocenters. The molecule has 1 aromatic carbocycles. The van der Waals surface area contributed by atoms with Crippen LogP contribution in [0.2, 0.25) is 0 Å². The number of nitrogens with one attached hydrogen (secondary N) is 1. The number of rotatable bonds is 2. The van der Waals surface area contributed by atoms with Gasteiger partial charge in [-0.25, -0.2) is 0 Å². The van der Waals surface area contributed by atoms with Crippen LogP contribution in [-0.4, -0.2) is 66.0 Å².